The van der Waals surface area contributed by atoms with Crippen molar-refractivity contribution in [1.82, 2.24) is 10.2 Å². The molecule has 96 valence electrons. The van der Waals surface area contributed by atoms with Crippen molar-refractivity contribution in [3.8, 4) is 0 Å². The van der Waals surface area contributed by atoms with Gasteiger partial charge < -0.3 is 10.2 Å². The second-order valence-electron chi connectivity index (χ2n) is 5.01. The molecule has 3 rings (SSSR count). The molecule has 0 aromatic heterocycles. The lowest BCUT2D eigenvalue weighted by Crippen LogP contribution is -2.32. The van der Waals surface area contributed by atoms with E-state index in [9.17, 15) is 4.79 Å². The van der Waals surface area contributed by atoms with E-state index in [1.807, 2.05) is 23.1 Å². The average molecular weight is 374 g/mol. The number of nitrogens with one attached hydrogen (secondary N) is 1. The number of fused-ring (bicyclic) bond motifs is 1. The minimum Gasteiger partial charge on any atom is -0.338 e. The van der Waals surface area contributed by atoms with E-state index in [0.717, 1.165) is 40.7 Å². The minimum atomic E-state index is 0.137. The molecule has 2 aliphatic heterocycles. The first-order valence-electron chi connectivity index (χ1n) is 6.10. The van der Waals surface area contributed by atoms with Crippen molar-refractivity contribution in [1.29, 1.82) is 0 Å². The summed E-state index contributed by atoms with van der Waals surface area (Å²) in [5.74, 6) is 1.41. The summed E-state index contributed by atoms with van der Waals surface area (Å²) in [7, 11) is 0. The summed E-state index contributed by atoms with van der Waals surface area (Å²) in [6.07, 6.45) is 0. The number of halogens is 2. The third kappa shape index (κ3) is 2.24. The predicted molar refractivity (Wildman–Crippen MR) is 77.6 cm³/mol. The van der Waals surface area contributed by atoms with E-state index in [2.05, 4.69) is 37.2 Å². The molecule has 0 spiro atoms. The molecule has 2 heterocycles. The van der Waals surface area contributed by atoms with Gasteiger partial charge in [-0.1, -0.05) is 15.9 Å². The largest absolute Gasteiger partial charge is 0.338 e. The zero-order valence-electron chi connectivity index (χ0n) is 9.83. The Labute approximate surface area is 123 Å². The molecule has 2 aliphatic rings. The smallest absolute Gasteiger partial charge is 0.255 e. The Kier molecular flexibility index (Phi) is 3.47. The SMILES string of the molecule is O=C(c1cc(Br)ccc1Br)N1CC2CNCC2C1. The van der Waals surface area contributed by atoms with Gasteiger partial charge in [-0.15, -0.1) is 0 Å². The number of nitrogens with zero attached hydrogens (tertiary/aromatic N) is 1. The van der Waals surface area contributed by atoms with Crippen molar-refractivity contribution in [2.75, 3.05) is 26.2 Å². The Morgan fingerprint density at radius 2 is 1.89 bits per heavy atom. The molecule has 5 heteroatoms. The quantitative estimate of drug-likeness (QED) is 0.820. The van der Waals surface area contributed by atoms with Crippen LogP contribution in [0.1, 0.15) is 10.4 Å². The third-order valence-electron chi connectivity index (χ3n) is 3.84. The summed E-state index contributed by atoms with van der Waals surface area (Å²) >= 11 is 6.88. The Bertz CT molecular complexity index is 480. The van der Waals surface area contributed by atoms with Crippen LogP contribution in [0.3, 0.4) is 0 Å². The van der Waals surface area contributed by atoms with Crippen LogP contribution in [-0.2, 0) is 0 Å². The van der Waals surface area contributed by atoms with E-state index >= 15 is 0 Å². The molecule has 2 saturated heterocycles. The summed E-state index contributed by atoms with van der Waals surface area (Å²) in [5.41, 5.74) is 0.748. The van der Waals surface area contributed by atoms with Crippen molar-refractivity contribution in [2.45, 2.75) is 0 Å². The van der Waals surface area contributed by atoms with Crippen LogP contribution in [0.15, 0.2) is 27.1 Å². The zero-order chi connectivity index (χ0) is 12.7. The predicted octanol–water partition coefficient (Wildman–Crippen LogP) is 2.50. The topological polar surface area (TPSA) is 32.3 Å². The monoisotopic (exact) mass is 372 g/mol. The summed E-state index contributed by atoms with van der Waals surface area (Å²) in [4.78, 5) is 14.5. The molecule has 2 atom stereocenters. The number of amides is 1. The van der Waals surface area contributed by atoms with Crippen LogP contribution in [-0.4, -0.2) is 37.0 Å². The van der Waals surface area contributed by atoms with Crippen LogP contribution in [0.25, 0.3) is 0 Å². The highest BCUT2D eigenvalue weighted by Crippen LogP contribution is 2.29. The van der Waals surface area contributed by atoms with Crippen LogP contribution in [0.5, 0.6) is 0 Å². The normalized spacial score (nSPS) is 26.4. The summed E-state index contributed by atoms with van der Waals surface area (Å²) in [6, 6.07) is 5.73. The fourth-order valence-corrected chi connectivity index (χ4v) is 3.63. The fraction of sp³-hybridized carbons (Fsp3) is 0.462. The highest BCUT2D eigenvalue weighted by Gasteiger charge is 2.38. The number of carbonyl (C=O) groups excluding carboxylic acids is 1. The minimum absolute atomic E-state index is 0.137. The maximum Gasteiger partial charge on any atom is 0.255 e. The molecule has 2 fully saturated rings. The molecule has 0 aliphatic carbocycles. The van der Waals surface area contributed by atoms with Crippen LogP contribution in [0, 0.1) is 11.8 Å². The molecule has 1 N–H and O–H groups in total. The van der Waals surface area contributed by atoms with Gasteiger partial charge in [0.05, 0.1) is 5.56 Å². The first-order chi connectivity index (χ1) is 8.65. The van der Waals surface area contributed by atoms with Crippen LogP contribution in [0.2, 0.25) is 0 Å². The summed E-state index contributed by atoms with van der Waals surface area (Å²) in [5, 5.41) is 3.39. The Morgan fingerprint density at radius 1 is 1.22 bits per heavy atom. The molecular formula is C13H14Br2N2O. The third-order valence-corrected chi connectivity index (χ3v) is 5.02. The van der Waals surface area contributed by atoms with Gasteiger partial charge in [-0.2, -0.15) is 0 Å². The molecule has 2 unspecified atom stereocenters. The molecular weight excluding hydrogens is 360 g/mol. The molecule has 0 bridgehead atoms. The standard InChI is InChI=1S/C13H14Br2N2O/c14-10-1-2-12(15)11(3-10)13(18)17-6-8-4-16-5-9(8)7-17/h1-3,8-9,16H,4-7H2. The molecule has 1 aromatic carbocycles. The van der Waals surface area contributed by atoms with Crippen molar-refractivity contribution >= 4 is 37.8 Å². The first-order valence-corrected chi connectivity index (χ1v) is 7.69. The van der Waals surface area contributed by atoms with Gasteiger partial charge in [0.2, 0.25) is 0 Å². The second kappa shape index (κ2) is 4.94. The molecule has 0 radical (unpaired) electrons. The van der Waals surface area contributed by atoms with Gasteiger partial charge in [0.25, 0.3) is 5.91 Å². The van der Waals surface area contributed by atoms with E-state index in [0.29, 0.717) is 11.8 Å². The maximum absolute atomic E-state index is 12.5. The van der Waals surface area contributed by atoms with E-state index in [1.165, 1.54) is 0 Å². The lowest BCUT2D eigenvalue weighted by molar-refractivity contribution is 0.0780. The molecule has 1 amide bonds. The number of carbonyl (C=O) groups is 1. The Hall–Kier alpha value is -0.390. The lowest BCUT2D eigenvalue weighted by Gasteiger charge is -2.18. The van der Waals surface area contributed by atoms with E-state index in [4.69, 9.17) is 0 Å². The van der Waals surface area contributed by atoms with Crippen molar-refractivity contribution in [3.05, 3.63) is 32.7 Å². The van der Waals surface area contributed by atoms with Gasteiger partial charge in [0, 0.05) is 35.1 Å². The average Bonchev–Trinajstić information content (AvgIpc) is 2.91. The van der Waals surface area contributed by atoms with E-state index in [-0.39, 0.29) is 5.91 Å². The van der Waals surface area contributed by atoms with Crippen LogP contribution in [0.4, 0.5) is 0 Å². The maximum atomic E-state index is 12.5. The Balaban J connectivity index is 1.81. The number of rotatable bonds is 1. The molecule has 0 saturated carbocycles. The van der Waals surface area contributed by atoms with Crippen molar-refractivity contribution < 1.29 is 4.79 Å². The van der Waals surface area contributed by atoms with Crippen molar-refractivity contribution in [2.24, 2.45) is 11.8 Å². The zero-order valence-corrected chi connectivity index (χ0v) is 13.0. The fourth-order valence-electron chi connectivity index (χ4n) is 2.85. The molecule has 18 heavy (non-hydrogen) atoms. The lowest BCUT2D eigenvalue weighted by atomic mass is 10.0. The second-order valence-corrected chi connectivity index (χ2v) is 6.78. The van der Waals surface area contributed by atoms with Gasteiger partial charge >= 0.3 is 0 Å². The van der Waals surface area contributed by atoms with Gasteiger partial charge in [0.1, 0.15) is 0 Å². The number of hydrogen-bond donors (Lipinski definition) is 1. The van der Waals surface area contributed by atoms with Crippen LogP contribution < -0.4 is 5.32 Å². The molecule has 1 aromatic rings. The summed E-state index contributed by atoms with van der Waals surface area (Å²) in [6.45, 7) is 3.87. The van der Waals surface area contributed by atoms with Crippen molar-refractivity contribution in [3.63, 3.8) is 0 Å². The Morgan fingerprint density at radius 3 is 2.56 bits per heavy atom. The van der Waals surface area contributed by atoms with Crippen LogP contribution >= 0.6 is 31.9 Å². The first kappa shape index (κ1) is 12.6. The van der Waals surface area contributed by atoms with Gasteiger partial charge in [-0.3, -0.25) is 4.79 Å². The highest BCUT2D eigenvalue weighted by atomic mass is 79.9. The molecule has 3 nitrogen and oxygen atoms in total. The van der Waals surface area contributed by atoms with Gasteiger partial charge in [0.15, 0.2) is 0 Å². The van der Waals surface area contributed by atoms with E-state index < -0.39 is 0 Å². The number of benzene rings is 1. The number of likely N-dealkylation sites (tertiary alicyclic amines) is 1. The highest BCUT2D eigenvalue weighted by molar-refractivity contribution is 9.11. The van der Waals surface area contributed by atoms with Gasteiger partial charge in [-0.25, -0.2) is 0 Å². The number of hydrogen-bond acceptors (Lipinski definition) is 2. The summed E-state index contributed by atoms with van der Waals surface area (Å²) < 4.78 is 1.81. The van der Waals surface area contributed by atoms with Gasteiger partial charge in [-0.05, 0) is 46.0 Å². The van der Waals surface area contributed by atoms with E-state index in [1.54, 1.807) is 0 Å².